The van der Waals surface area contributed by atoms with Gasteiger partial charge in [-0.25, -0.2) is 0 Å². The van der Waals surface area contributed by atoms with Crippen molar-refractivity contribution in [3.05, 3.63) is 29.8 Å². The molecular weight excluding hydrogens is 206 g/mol. The maximum atomic E-state index is 11.2. The van der Waals surface area contributed by atoms with Crippen molar-refractivity contribution in [1.82, 2.24) is 5.32 Å². The van der Waals surface area contributed by atoms with E-state index in [0.29, 0.717) is 13.2 Å². The topological polar surface area (TPSA) is 58.6 Å². The first kappa shape index (κ1) is 12.5. The van der Waals surface area contributed by atoms with Gasteiger partial charge in [0.15, 0.2) is 0 Å². The molecule has 1 unspecified atom stereocenters. The summed E-state index contributed by atoms with van der Waals surface area (Å²) in [7, 11) is 0. The van der Waals surface area contributed by atoms with E-state index in [1.807, 2.05) is 31.2 Å². The molecule has 4 heteroatoms. The van der Waals surface area contributed by atoms with Crippen molar-refractivity contribution in [2.24, 2.45) is 0 Å². The monoisotopic (exact) mass is 223 g/mol. The van der Waals surface area contributed by atoms with Crippen LogP contribution in [0.5, 0.6) is 5.75 Å². The van der Waals surface area contributed by atoms with Crippen LogP contribution in [-0.2, 0) is 11.3 Å². The van der Waals surface area contributed by atoms with E-state index >= 15 is 0 Å². The molecule has 0 radical (unpaired) electrons. The van der Waals surface area contributed by atoms with Gasteiger partial charge >= 0.3 is 0 Å². The number of ether oxygens (including phenoxy) is 1. The molecular formula is C12H17NO3. The molecule has 0 spiro atoms. The first-order valence-electron chi connectivity index (χ1n) is 5.31. The van der Waals surface area contributed by atoms with Gasteiger partial charge in [-0.2, -0.15) is 0 Å². The van der Waals surface area contributed by atoms with Crippen LogP contribution in [0, 0.1) is 0 Å². The molecule has 0 saturated carbocycles. The summed E-state index contributed by atoms with van der Waals surface area (Å²) in [5, 5.41) is 11.7. The SMILES string of the molecule is CCOc1ccccc1CNC(=O)C(C)O. The third-order valence-corrected chi connectivity index (χ3v) is 2.10. The Morgan fingerprint density at radius 2 is 2.19 bits per heavy atom. The molecule has 0 aliphatic carbocycles. The Labute approximate surface area is 95.2 Å². The molecule has 1 rings (SSSR count). The van der Waals surface area contributed by atoms with E-state index in [1.54, 1.807) is 0 Å². The van der Waals surface area contributed by atoms with E-state index in [9.17, 15) is 4.79 Å². The fourth-order valence-corrected chi connectivity index (χ4v) is 1.28. The summed E-state index contributed by atoms with van der Waals surface area (Å²) in [5.74, 6) is 0.377. The van der Waals surface area contributed by atoms with Gasteiger partial charge in [0.1, 0.15) is 11.9 Å². The van der Waals surface area contributed by atoms with Crippen LogP contribution in [0.15, 0.2) is 24.3 Å². The summed E-state index contributed by atoms with van der Waals surface area (Å²) in [6.45, 7) is 4.29. The van der Waals surface area contributed by atoms with Crippen LogP contribution in [-0.4, -0.2) is 23.7 Å². The number of carbonyl (C=O) groups is 1. The van der Waals surface area contributed by atoms with Crippen LogP contribution >= 0.6 is 0 Å². The predicted molar refractivity (Wildman–Crippen MR) is 61.1 cm³/mol. The minimum Gasteiger partial charge on any atom is -0.494 e. The Balaban J connectivity index is 2.62. The number of hydrogen-bond donors (Lipinski definition) is 2. The van der Waals surface area contributed by atoms with E-state index in [1.165, 1.54) is 6.92 Å². The van der Waals surface area contributed by atoms with E-state index < -0.39 is 6.10 Å². The van der Waals surface area contributed by atoms with E-state index in [2.05, 4.69) is 5.32 Å². The van der Waals surface area contributed by atoms with Gasteiger partial charge in [0.25, 0.3) is 0 Å². The molecule has 0 aliphatic rings. The third-order valence-electron chi connectivity index (χ3n) is 2.10. The number of carbonyl (C=O) groups excluding carboxylic acids is 1. The number of para-hydroxylation sites is 1. The maximum absolute atomic E-state index is 11.2. The molecule has 1 atom stereocenters. The zero-order valence-corrected chi connectivity index (χ0v) is 9.56. The molecule has 0 bridgehead atoms. The van der Waals surface area contributed by atoms with Gasteiger partial charge in [-0.05, 0) is 19.9 Å². The first-order chi connectivity index (χ1) is 7.65. The number of rotatable bonds is 5. The first-order valence-corrected chi connectivity index (χ1v) is 5.31. The maximum Gasteiger partial charge on any atom is 0.248 e. The summed E-state index contributed by atoms with van der Waals surface area (Å²) in [6.07, 6.45) is -0.987. The van der Waals surface area contributed by atoms with Gasteiger partial charge in [-0.1, -0.05) is 18.2 Å². The molecule has 0 aromatic heterocycles. The third kappa shape index (κ3) is 3.55. The molecule has 0 heterocycles. The number of hydrogen-bond acceptors (Lipinski definition) is 3. The molecule has 0 saturated heterocycles. The van der Waals surface area contributed by atoms with Crippen LogP contribution < -0.4 is 10.1 Å². The zero-order valence-electron chi connectivity index (χ0n) is 9.56. The van der Waals surface area contributed by atoms with E-state index in [0.717, 1.165) is 11.3 Å². The smallest absolute Gasteiger partial charge is 0.248 e. The Bertz CT molecular complexity index is 350. The Hall–Kier alpha value is -1.55. The van der Waals surface area contributed by atoms with Crippen molar-refractivity contribution in [2.45, 2.75) is 26.5 Å². The Morgan fingerprint density at radius 1 is 1.50 bits per heavy atom. The lowest BCUT2D eigenvalue weighted by Gasteiger charge is -2.11. The quantitative estimate of drug-likeness (QED) is 0.785. The molecule has 0 fully saturated rings. The van der Waals surface area contributed by atoms with Gasteiger partial charge in [-0.3, -0.25) is 4.79 Å². The average Bonchev–Trinajstić information content (AvgIpc) is 2.27. The van der Waals surface area contributed by atoms with Crippen LogP contribution in [0.2, 0.25) is 0 Å². The molecule has 0 aliphatic heterocycles. The highest BCUT2D eigenvalue weighted by Crippen LogP contribution is 2.17. The molecule has 16 heavy (non-hydrogen) atoms. The summed E-state index contributed by atoms with van der Waals surface area (Å²) in [4.78, 5) is 11.2. The molecule has 1 amide bonds. The van der Waals surface area contributed by atoms with Crippen molar-refractivity contribution in [3.63, 3.8) is 0 Å². The van der Waals surface area contributed by atoms with Crippen molar-refractivity contribution in [2.75, 3.05) is 6.61 Å². The van der Waals surface area contributed by atoms with E-state index in [4.69, 9.17) is 9.84 Å². The minimum absolute atomic E-state index is 0.361. The predicted octanol–water partition coefficient (Wildman–Crippen LogP) is 1.08. The molecule has 4 nitrogen and oxygen atoms in total. The van der Waals surface area contributed by atoms with Gasteiger partial charge < -0.3 is 15.2 Å². The number of aliphatic hydroxyl groups is 1. The number of benzene rings is 1. The lowest BCUT2D eigenvalue weighted by molar-refractivity contribution is -0.128. The number of amides is 1. The van der Waals surface area contributed by atoms with Gasteiger partial charge in [0.05, 0.1) is 6.61 Å². The molecule has 88 valence electrons. The lowest BCUT2D eigenvalue weighted by atomic mass is 10.2. The second-order valence-electron chi connectivity index (χ2n) is 3.43. The van der Waals surface area contributed by atoms with Crippen molar-refractivity contribution in [3.8, 4) is 5.75 Å². The summed E-state index contributed by atoms with van der Waals surface area (Å²) in [5.41, 5.74) is 0.901. The second-order valence-corrected chi connectivity index (χ2v) is 3.43. The van der Waals surface area contributed by atoms with Crippen molar-refractivity contribution >= 4 is 5.91 Å². The Kier molecular flexibility index (Phi) is 4.79. The molecule has 1 aromatic carbocycles. The largest absolute Gasteiger partial charge is 0.494 e. The standard InChI is InChI=1S/C12H17NO3/c1-3-16-11-7-5-4-6-10(11)8-13-12(15)9(2)14/h4-7,9,14H,3,8H2,1-2H3,(H,13,15). The normalized spacial score (nSPS) is 11.9. The van der Waals surface area contributed by atoms with Gasteiger partial charge in [0.2, 0.25) is 5.91 Å². The number of aliphatic hydroxyl groups excluding tert-OH is 1. The zero-order chi connectivity index (χ0) is 12.0. The summed E-state index contributed by atoms with van der Waals surface area (Å²) >= 11 is 0. The van der Waals surface area contributed by atoms with Crippen LogP contribution in [0.25, 0.3) is 0 Å². The minimum atomic E-state index is -0.987. The lowest BCUT2D eigenvalue weighted by Crippen LogP contribution is -2.32. The molecule has 2 N–H and O–H groups in total. The van der Waals surface area contributed by atoms with Gasteiger partial charge in [0, 0.05) is 12.1 Å². The van der Waals surface area contributed by atoms with Crippen LogP contribution in [0.3, 0.4) is 0 Å². The fraction of sp³-hybridized carbons (Fsp3) is 0.417. The summed E-state index contributed by atoms with van der Waals surface area (Å²) < 4.78 is 5.42. The molecule has 1 aromatic rings. The van der Waals surface area contributed by atoms with Crippen LogP contribution in [0.4, 0.5) is 0 Å². The van der Waals surface area contributed by atoms with Crippen molar-refractivity contribution in [1.29, 1.82) is 0 Å². The second kappa shape index (κ2) is 6.12. The summed E-state index contributed by atoms with van der Waals surface area (Å²) in [6, 6.07) is 7.50. The average molecular weight is 223 g/mol. The highest BCUT2D eigenvalue weighted by Gasteiger charge is 2.09. The van der Waals surface area contributed by atoms with Crippen molar-refractivity contribution < 1.29 is 14.6 Å². The van der Waals surface area contributed by atoms with Gasteiger partial charge in [-0.15, -0.1) is 0 Å². The Morgan fingerprint density at radius 3 is 2.81 bits per heavy atom. The van der Waals surface area contributed by atoms with E-state index in [-0.39, 0.29) is 5.91 Å². The fourth-order valence-electron chi connectivity index (χ4n) is 1.28. The number of nitrogens with one attached hydrogen (secondary N) is 1. The highest BCUT2D eigenvalue weighted by atomic mass is 16.5. The van der Waals surface area contributed by atoms with Crippen LogP contribution in [0.1, 0.15) is 19.4 Å². The highest BCUT2D eigenvalue weighted by molar-refractivity contribution is 5.79.